The van der Waals surface area contributed by atoms with Gasteiger partial charge in [-0.3, -0.25) is 5.41 Å². The average Bonchev–Trinajstić information content (AvgIpc) is 2.94. The Morgan fingerprint density at radius 2 is 1.51 bits per heavy atom. The largest absolute Gasteiger partial charge is 0.488 e. The number of nitrogens with two attached hydrogens (primary N) is 1. The molecule has 186 valence electrons. The summed E-state index contributed by atoms with van der Waals surface area (Å²) in [5.74, 6) is 0.0434. The number of aliphatic hydroxyl groups excluding tert-OH is 1. The van der Waals surface area contributed by atoms with Crippen molar-refractivity contribution in [2.45, 2.75) is 19.8 Å². The number of amidine groups is 1. The van der Waals surface area contributed by atoms with Crippen LogP contribution < -0.4 is 10.5 Å². The van der Waals surface area contributed by atoms with E-state index >= 15 is 0 Å². The summed E-state index contributed by atoms with van der Waals surface area (Å²) in [6.45, 7) is 0.264. The van der Waals surface area contributed by atoms with Gasteiger partial charge in [-0.1, -0.05) is 84.9 Å². The van der Waals surface area contributed by atoms with Crippen LogP contribution in [0.15, 0.2) is 97.1 Å². The number of carbonyl (C=O) groups excluding carboxylic acids is 1. The molecule has 0 spiro atoms. The van der Waals surface area contributed by atoms with Crippen molar-refractivity contribution in [3.05, 3.63) is 136 Å². The summed E-state index contributed by atoms with van der Waals surface area (Å²) in [5, 5.41) is 17.8. The van der Waals surface area contributed by atoms with Gasteiger partial charge in [0.25, 0.3) is 0 Å². The van der Waals surface area contributed by atoms with Crippen molar-refractivity contribution < 1.29 is 19.4 Å². The molecular formula is C31H28N2O4. The molecular weight excluding hydrogens is 464 g/mol. The molecule has 0 atom stereocenters. The van der Waals surface area contributed by atoms with Crippen LogP contribution in [-0.4, -0.2) is 16.9 Å². The molecule has 0 fully saturated rings. The van der Waals surface area contributed by atoms with Gasteiger partial charge in [0.05, 0.1) is 12.2 Å². The molecule has 0 aliphatic carbocycles. The van der Waals surface area contributed by atoms with E-state index < -0.39 is 5.97 Å². The first-order valence-corrected chi connectivity index (χ1v) is 11.8. The van der Waals surface area contributed by atoms with Crippen molar-refractivity contribution in [3.63, 3.8) is 0 Å². The fourth-order valence-electron chi connectivity index (χ4n) is 3.81. The summed E-state index contributed by atoms with van der Waals surface area (Å²) in [5.41, 5.74) is 10.3. The van der Waals surface area contributed by atoms with Crippen LogP contribution in [0.4, 0.5) is 0 Å². The minimum absolute atomic E-state index is 0.0646. The van der Waals surface area contributed by atoms with E-state index in [2.05, 4.69) is 0 Å². The van der Waals surface area contributed by atoms with Crippen molar-refractivity contribution in [2.24, 2.45) is 5.73 Å². The number of aliphatic hydroxyl groups is 1. The van der Waals surface area contributed by atoms with Gasteiger partial charge in [0.15, 0.2) is 0 Å². The van der Waals surface area contributed by atoms with Gasteiger partial charge in [-0.25, -0.2) is 4.79 Å². The lowest BCUT2D eigenvalue weighted by Gasteiger charge is -2.13. The second kappa shape index (κ2) is 12.3. The monoisotopic (exact) mass is 492 g/mol. The zero-order valence-electron chi connectivity index (χ0n) is 20.3. The molecule has 0 aliphatic heterocycles. The average molecular weight is 493 g/mol. The molecule has 37 heavy (non-hydrogen) atoms. The van der Waals surface area contributed by atoms with E-state index in [1.165, 1.54) is 0 Å². The lowest BCUT2D eigenvalue weighted by Crippen LogP contribution is -2.11. The lowest BCUT2D eigenvalue weighted by atomic mass is 9.99. The number of esters is 1. The number of nitrogens with one attached hydrogen (secondary N) is 1. The molecule has 4 aromatic carbocycles. The summed E-state index contributed by atoms with van der Waals surface area (Å²) >= 11 is 0. The molecule has 6 nitrogen and oxygen atoms in total. The van der Waals surface area contributed by atoms with Crippen molar-refractivity contribution in [3.8, 4) is 5.75 Å². The van der Waals surface area contributed by atoms with Gasteiger partial charge in [0, 0.05) is 11.1 Å². The molecule has 0 radical (unpaired) electrons. The normalized spacial score (nSPS) is 10.8. The van der Waals surface area contributed by atoms with Crippen LogP contribution in [-0.2, 0) is 24.6 Å². The third-order valence-corrected chi connectivity index (χ3v) is 5.79. The van der Waals surface area contributed by atoms with E-state index in [-0.39, 0.29) is 19.0 Å². The maximum atomic E-state index is 13.0. The third kappa shape index (κ3) is 6.72. The summed E-state index contributed by atoms with van der Waals surface area (Å²) < 4.78 is 11.6. The Labute approximate surface area is 216 Å². The fourth-order valence-corrected chi connectivity index (χ4v) is 3.81. The van der Waals surface area contributed by atoms with Gasteiger partial charge < -0.3 is 20.3 Å². The Morgan fingerprint density at radius 3 is 2.16 bits per heavy atom. The molecule has 0 amide bonds. The van der Waals surface area contributed by atoms with Gasteiger partial charge in [0.1, 0.15) is 24.8 Å². The minimum Gasteiger partial charge on any atom is -0.488 e. The lowest BCUT2D eigenvalue weighted by molar-refractivity contribution is 0.0472. The molecule has 4 rings (SSSR count). The number of ether oxygens (including phenoxy) is 2. The Kier molecular flexibility index (Phi) is 8.47. The van der Waals surface area contributed by atoms with Crippen LogP contribution in [0.25, 0.3) is 12.2 Å². The molecule has 0 bridgehead atoms. The van der Waals surface area contributed by atoms with E-state index in [0.29, 0.717) is 40.2 Å². The first-order chi connectivity index (χ1) is 18.0. The highest BCUT2D eigenvalue weighted by atomic mass is 16.5. The van der Waals surface area contributed by atoms with Crippen LogP contribution in [0.1, 0.15) is 43.7 Å². The molecule has 0 saturated heterocycles. The number of hydrogen-bond donors (Lipinski definition) is 3. The highest BCUT2D eigenvalue weighted by Crippen LogP contribution is 2.26. The van der Waals surface area contributed by atoms with Gasteiger partial charge in [-0.15, -0.1) is 0 Å². The predicted octanol–water partition coefficient (Wildman–Crippen LogP) is 5.57. The molecule has 4 aromatic rings. The summed E-state index contributed by atoms with van der Waals surface area (Å²) in [6.07, 6.45) is 3.54. The van der Waals surface area contributed by atoms with Crippen LogP contribution >= 0.6 is 0 Å². The molecule has 0 unspecified atom stereocenters. The van der Waals surface area contributed by atoms with Crippen LogP contribution in [0.2, 0.25) is 0 Å². The smallest absolute Gasteiger partial charge is 0.339 e. The Morgan fingerprint density at radius 1 is 0.838 bits per heavy atom. The van der Waals surface area contributed by atoms with Crippen molar-refractivity contribution >= 4 is 24.0 Å². The van der Waals surface area contributed by atoms with E-state index in [9.17, 15) is 9.90 Å². The Balaban J connectivity index is 1.63. The SMILES string of the molecule is N=C(N)c1ccc(OCc2ccccc2)c(C=Cc2c(CO)cccc2C(=O)OCc2ccccc2)c1. The maximum absolute atomic E-state index is 13.0. The number of rotatable bonds is 10. The second-order valence-electron chi connectivity index (χ2n) is 8.37. The molecule has 0 heterocycles. The summed E-state index contributed by atoms with van der Waals surface area (Å²) in [4.78, 5) is 13.0. The molecule has 0 aromatic heterocycles. The van der Waals surface area contributed by atoms with Gasteiger partial charge in [-0.05, 0) is 46.5 Å². The zero-order valence-corrected chi connectivity index (χ0v) is 20.3. The van der Waals surface area contributed by atoms with Crippen molar-refractivity contribution in [1.82, 2.24) is 0 Å². The van der Waals surface area contributed by atoms with Crippen LogP contribution in [0, 0.1) is 5.41 Å². The van der Waals surface area contributed by atoms with E-state index in [4.69, 9.17) is 20.6 Å². The number of hydrogen-bond acceptors (Lipinski definition) is 5. The highest BCUT2D eigenvalue weighted by Gasteiger charge is 2.15. The third-order valence-electron chi connectivity index (χ3n) is 5.79. The van der Waals surface area contributed by atoms with Gasteiger partial charge in [0.2, 0.25) is 0 Å². The van der Waals surface area contributed by atoms with Gasteiger partial charge >= 0.3 is 5.97 Å². The number of nitrogen functional groups attached to an aromatic ring is 1. The predicted molar refractivity (Wildman–Crippen MR) is 145 cm³/mol. The standard InChI is InChI=1S/C31H28N2O4/c32-30(33)25-15-17-29(36-20-22-8-3-1-4-9-22)24(18-25)14-16-27-26(19-34)12-7-13-28(27)31(35)37-21-23-10-5-2-6-11-23/h1-18,34H,19-21H2,(H3,32,33). The molecule has 4 N–H and O–H groups in total. The van der Waals surface area contributed by atoms with E-state index in [1.54, 1.807) is 48.6 Å². The summed E-state index contributed by atoms with van der Waals surface area (Å²) in [6, 6.07) is 29.6. The Hall–Kier alpha value is -4.68. The maximum Gasteiger partial charge on any atom is 0.339 e. The fraction of sp³-hybridized carbons (Fsp3) is 0.0968. The molecule has 6 heteroatoms. The zero-order chi connectivity index (χ0) is 26.0. The Bertz CT molecular complexity index is 1400. The number of benzene rings is 4. The van der Waals surface area contributed by atoms with Gasteiger partial charge in [-0.2, -0.15) is 0 Å². The number of carbonyl (C=O) groups is 1. The van der Waals surface area contributed by atoms with Crippen LogP contribution in [0.5, 0.6) is 5.75 Å². The van der Waals surface area contributed by atoms with E-state index in [1.807, 2.05) is 60.7 Å². The molecule has 0 aliphatic rings. The van der Waals surface area contributed by atoms with Crippen molar-refractivity contribution in [1.29, 1.82) is 5.41 Å². The molecule has 0 saturated carbocycles. The highest BCUT2D eigenvalue weighted by molar-refractivity contribution is 5.97. The first kappa shape index (κ1) is 25.4. The summed E-state index contributed by atoms with van der Waals surface area (Å²) in [7, 11) is 0. The quantitative estimate of drug-likeness (QED) is 0.116. The van der Waals surface area contributed by atoms with Crippen molar-refractivity contribution in [2.75, 3.05) is 0 Å². The van der Waals surface area contributed by atoms with Crippen LogP contribution in [0.3, 0.4) is 0 Å². The van der Waals surface area contributed by atoms with E-state index in [0.717, 1.165) is 11.1 Å². The minimum atomic E-state index is -0.489. The first-order valence-electron chi connectivity index (χ1n) is 11.8. The topological polar surface area (TPSA) is 106 Å². The second-order valence-corrected chi connectivity index (χ2v) is 8.37.